The Morgan fingerprint density at radius 2 is 1.89 bits per heavy atom. The number of hydrogen-bond acceptors (Lipinski definition) is 1. The summed E-state index contributed by atoms with van der Waals surface area (Å²) in [6.45, 7) is 9.25. The lowest BCUT2D eigenvalue weighted by atomic mass is 9.79. The molecule has 0 heterocycles. The van der Waals surface area contributed by atoms with Gasteiger partial charge in [0.2, 0.25) is 0 Å². The van der Waals surface area contributed by atoms with E-state index in [2.05, 4.69) is 57.3 Å². The quantitative estimate of drug-likeness (QED) is 0.759. The summed E-state index contributed by atoms with van der Waals surface area (Å²) in [5.74, 6) is 2.34. The first-order chi connectivity index (χ1) is 9.06. The van der Waals surface area contributed by atoms with Gasteiger partial charge in [-0.15, -0.1) is 0 Å². The minimum atomic E-state index is 0.608. The fourth-order valence-corrected chi connectivity index (χ4v) is 3.19. The van der Waals surface area contributed by atoms with E-state index in [4.69, 9.17) is 0 Å². The Kier molecular flexibility index (Phi) is 4.90. The average molecular weight is 259 g/mol. The molecule has 1 aromatic rings. The monoisotopic (exact) mass is 259 g/mol. The third-order valence-electron chi connectivity index (χ3n) is 4.58. The van der Waals surface area contributed by atoms with Crippen molar-refractivity contribution in [1.82, 2.24) is 0 Å². The molecule has 1 aromatic carbocycles. The highest BCUT2D eigenvalue weighted by molar-refractivity contribution is 5.47. The molecule has 2 rings (SSSR count). The fraction of sp³-hybridized carbons (Fsp3) is 0.667. The molecule has 1 heteroatoms. The fourth-order valence-electron chi connectivity index (χ4n) is 3.19. The Balaban J connectivity index is 1.98. The zero-order chi connectivity index (χ0) is 13.8. The summed E-state index contributed by atoms with van der Waals surface area (Å²) >= 11 is 0. The van der Waals surface area contributed by atoms with Crippen molar-refractivity contribution < 1.29 is 0 Å². The highest BCUT2D eigenvalue weighted by Gasteiger charge is 2.23. The minimum absolute atomic E-state index is 0.608. The summed E-state index contributed by atoms with van der Waals surface area (Å²) < 4.78 is 0. The summed E-state index contributed by atoms with van der Waals surface area (Å²) in [7, 11) is 0. The molecule has 1 aliphatic carbocycles. The van der Waals surface area contributed by atoms with Crippen LogP contribution >= 0.6 is 0 Å². The van der Waals surface area contributed by atoms with Gasteiger partial charge < -0.3 is 5.32 Å². The van der Waals surface area contributed by atoms with Crippen molar-refractivity contribution in [1.29, 1.82) is 0 Å². The maximum absolute atomic E-state index is 3.76. The van der Waals surface area contributed by atoms with Crippen molar-refractivity contribution in [3.63, 3.8) is 0 Å². The van der Waals surface area contributed by atoms with Crippen LogP contribution in [-0.2, 0) is 0 Å². The van der Waals surface area contributed by atoms with Crippen LogP contribution in [0, 0.1) is 11.8 Å². The van der Waals surface area contributed by atoms with Crippen molar-refractivity contribution >= 4 is 5.69 Å². The standard InChI is InChI=1S/C18H29N/c1-13(2)15-7-5-9-17(11-15)19-18-10-6-8-16(12-18)14(3)4/h5,7,9,11,13-14,16,18-19H,6,8,10,12H2,1-4H3. The van der Waals surface area contributed by atoms with E-state index < -0.39 is 0 Å². The molecule has 0 amide bonds. The molecule has 0 aliphatic heterocycles. The van der Waals surface area contributed by atoms with E-state index in [1.54, 1.807) is 0 Å². The van der Waals surface area contributed by atoms with Gasteiger partial charge in [0.1, 0.15) is 0 Å². The molecule has 1 saturated carbocycles. The largest absolute Gasteiger partial charge is 0.382 e. The summed E-state index contributed by atoms with van der Waals surface area (Å²) in [6, 6.07) is 9.62. The first kappa shape index (κ1) is 14.4. The maximum Gasteiger partial charge on any atom is 0.0345 e. The van der Waals surface area contributed by atoms with Crippen LogP contribution in [0.25, 0.3) is 0 Å². The van der Waals surface area contributed by atoms with Crippen molar-refractivity contribution in [2.24, 2.45) is 11.8 Å². The predicted octanol–water partition coefficient (Wildman–Crippen LogP) is 5.44. The first-order valence-corrected chi connectivity index (χ1v) is 7.92. The van der Waals surface area contributed by atoms with E-state index in [9.17, 15) is 0 Å². The molecule has 2 atom stereocenters. The number of anilines is 1. The molecule has 1 nitrogen and oxygen atoms in total. The topological polar surface area (TPSA) is 12.0 Å². The van der Waals surface area contributed by atoms with Gasteiger partial charge in [-0.3, -0.25) is 0 Å². The molecule has 0 spiro atoms. The second-order valence-electron chi connectivity index (χ2n) is 6.79. The Bertz CT molecular complexity index is 394. The first-order valence-electron chi connectivity index (χ1n) is 7.92. The second-order valence-corrected chi connectivity index (χ2v) is 6.79. The summed E-state index contributed by atoms with van der Waals surface area (Å²) in [4.78, 5) is 0. The maximum atomic E-state index is 3.76. The van der Waals surface area contributed by atoms with Gasteiger partial charge in [0, 0.05) is 11.7 Å². The van der Waals surface area contributed by atoms with E-state index in [0.29, 0.717) is 12.0 Å². The van der Waals surface area contributed by atoms with Gasteiger partial charge in [0.15, 0.2) is 0 Å². The summed E-state index contributed by atoms with van der Waals surface area (Å²) in [5.41, 5.74) is 2.74. The second kappa shape index (κ2) is 6.45. The lowest BCUT2D eigenvalue weighted by Gasteiger charge is -2.32. The smallest absolute Gasteiger partial charge is 0.0345 e. The van der Waals surface area contributed by atoms with Crippen LogP contribution in [0.5, 0.6) is 0 Å². The van der Waals surface area contributed by atoms with Crippen LogP contribution in [0.3, 0.4) is 0 Å². The molecule has 19 heavy (non-hydrogen) atoms. The molecular formula is C18H29N. The van der Waals surface area contributed by atoms with Crippen LogP contribution in [0.2, 0.25) is 0 Å². The molecule has 0 saturated heterocycles. The Labute approximate surface area is 118 Å². The van der Waals surface area contributed by atoms with Crippen LogP contribution < -0.4 is 5.32 Å². The van der Waals surface area contributed by atoms with Gasteiger partial charge in [0.05, 0.1) is 0 Å². The lowest BCUT2D eigenvalue weighted by molar-refractivity contribution is 0.264. The minimum Gasteiger partial charge on any atom is -0.382 e. The molecule has 1 aliphatic rings. The van der Waals surface area contributed by atoms with Crippen molar-refractivity contribution in [3.8, 4) is 0 Å². The zero-order valence-corrected chi connectivity index (χ0v) is 12.9. The van der Waals surface area contributed by atoms with Gasteiger partial charge in [-0.25, -0.2) is 0 Å². The third-order valence-corrected chi connectivity index (χ3v) is 4.58. The van der Waals surface area contributed by atoms with E-state index in [1.807, 2.05) is 0 Å². The molecule has 0 aromatic heterocycles. The molecular weight excluding hydrogens is 230 g/mol. The number of nitrogens with one attached hydrogen (secondary N) is 1. The summed E-state index contributed by atoms with van der Waals surface area (Å²) in [6.07, 6.45) is 5.46. The third kappa shape index (κ3) is 3.99. The summed E-state index contributed by atoms with van der Waals surface area (Å²) in [5, 5.41) is 3.76. The highest BCUT2D eigenvalue weighted by atomic mass is 14.9. The molecule has 0 radical (unpaired) electrons. The molecule has 1 N–H and O–H groups in total. The highest BCUT2D eigenvalue weighted by Crippen LogP contribution is 2.31. The number of rotatable bonds is 4. The van der Waals surface area contributed by atoms with Crippen molar-refractivity contribution in [2.75, 3.05) is 5.32 Å². The lowest BCUT2D eigenvalue weighted by Crippen LogP contribution is -2.29. The van der Waals surface area contributed by atoms with Gasteiger partial charge >= 0.3 is 0 Å². The number of hydrogen-bond donors (Lipinski definition) is 1. The van der Waals surface area contributed by atoms with Crippen molar-refractivity contribution in [2.45, 2.75) is 65.3 Å². The Morgan fingerprint density at radius 3 is 2.58 bits per heavy atom. The zero-order valence-electron chi connectivity index (χ0n) is 12.9. The van der Waals surface area contributed by atoms with Crippen LogP contribution in [0.15, 0.2) is 24.3 Å². The van der Waals surface area contributed by atoms with Crippen LogP contribution in [-0.4, -0.2) is 6.04 Å². The normalized spacial score (nSPS) is 23.9. The average Bonchev–Trinajstić information content (AvgIpc) is 2.39. The van der Waals surface area contributed by atoms with Gasteiger partial charge in [-0.1, -0.05) is 52.7 Å². The molecule has 106 valence electrons. The predicted molar refractivity (Wildman–Crippen MR) is 84.7 cm³/mol. The Hall–Kier alpha value is -0.980. The van der Waals surface area contributed by atoms with Crippen LogP contribution in [0.1, 0.15) is 64.9 Å². The number of benzene rings is 1. The van der Waals surface area contributed by atoms with Gasteiger partial charge in [0.25, 0.3) is 0 Å². The van der Waals surface area contributed by atoms with Crippen molar-refractivity contribution in [3.05, 3.63) is 29.8 Å². The molecule has 0 bridgehead atoms. The Morgan fingerprint density at radius 1 is 1.11 bits per heavy atom. The molecule has 1 fully saturated rings. The van der Waals surface area contributed by atoms with E-state index in [0.717, 1.165) is 11.8 Å². The van der Waals surface area contributed by atoms with E-state index in [1.165, 1.54) is 36.9 Å². The molecule has 2 unspecified atom stereocenters. The SMILES string of the molecule is CC(C)c1cccc(NC2CCCC(C(C)C)C2)c1. The van der Waals surface area contributed by atoms with Gasteiger partial charge in [-0.2, -0.15) is 0 Å². The van der Waals surface area contributed by atoms with E-state index >= 15 is 0 Å². The van der Waals surface area contributed by atoms with Gasteiger partial charge in [-0.05, 0) is 48.3 Å². The van der Waals surface area contributed by atoms with Crippen LogP contribution in [0.4, 0.5) is 5.69 Å². The van der Waals surface area contributed by atoms with E-state index in [-0.39, 0.29) is 0 Å².